The molecule has 5 nitrogen and oxygen atoms in total. The molecule has 0 atom stereocenters. The molecule has 11 heteroatoms. The van der Waals surface area contributed by atoms with Crippen LogP contribution in [0.3, 0.4) is 0 Å². The van der Waals surface area contributed by atoms with Crippen LogP contribution >= 0.6 is 0 Å². The van der Waals surface area contributed by atoms with Crippen molar-refractivity contribution < 1.29 is 29.9 Å². The van der Waals surface area contributed by atoms with Crippen LogP contribution in [-0.2, 0) is 16.8 Å². The predicted molar refractivity (Wildman–Crippen MR) is 39.3 cm³/mol. The van der Waals surface area contributed by atoms with E-state index in [1.54, 1.807) is 0 Å². The van der Waals surface area contributed by atoms with Gasteiger partial charge in [-0.25, -0.2) is 17.6 Å². The lowest BCUT2D eigenvalue weighted by Gasteiger charge is -2.06. The fourth-order valence-electron chi connectivity index (χ4n) is 0.951. The van der Waals surface area contributed by atoms with Gasteiger partial charge in [0.1, 0.15) is 0 Å². The van der Waals surface area contributed by atoms with E-state index in [0.29, 0.717) is 0 Å². The van der Waals surface area contributed by atoms with Gasteiger partial charge in [0.15, 0.2) is 0 Å². The summed E-state index contributed by atoms with van der Waals surface area (Å²) in [6.45, 7) is -1.43. The molecule has 92 valence electrons. The Bertz CT molecular complexity index is 470. The normalized spacial score (nSPS) is 12.7. The van der Waals surface area contributed by atoms with Crippen molar-refractivity contribution in [2.75, 3.05) is 0 Å². The third-order valence-electron chi connectivity index (χ3n) is 1.48. The third kappa shape index (κ3) is 2.65. The second-order valence-corrected chi connectivity index (χ2v) is 3.82. The van der Waals surface area contributed by atoms with E-state index in [4.69, 9.17) is 0 Å². The quantitative estimate of drug-likeness (QED) is 0.605. The van der Waals surface area contributed by atoms with Crippen molar-refractivity contribution in [3.8, 4) is 0 Å². The van der Waals surface area contributed by atoms with Crippen LogP contribution < -0.4 is 0 Å². The molecular weight excluding hydrogens is 261 g/mol. The van der Waals surface area contributed by atoms with Crippen LogP contribution in [0.5, 0.6) is 0 Å². The van der Waals surface area contributed by atoms with E-state index in [1.165, 1.54) is 0 Å². The standard InChI is InChI=1S/C5H4F5N3O2S/c6-2(7)1-13-4(3(8)9)11-12-5(13)16(10,14)15/h2-3H,1H2. The Hall–Kier alpha value is -1.26. The van der Waals surface area contributed by atoms with Crippen LogP contribution in [0.15, 0.2) is 5.16 Å². The smallest absolute Gasteiger partial charge is 0.289 e. The highest BCUT2D eigenvalue weighted by Crippen LogP contribution is 2.21. The summed E-state index contributed by atoms with van der Waals surface area (Å²) in [4.78, 5) is 0. The Morgan fingerprint density at radius 2 is 1.75 bits per heavy atom. The van der Waals surface area contributed by atoms with Crippen molar-refractivity contribution >= 4 is 10.2 Å². The van der Waals surface area contributed by atoms with Crippen molar-refractivity contribution in [2.45, 2.75) is 24.6 Å². The zero-order valence-corrected chi connectivity index (χ0v) is 8.13. The van der Waals surface area contributed by atoms with Crippen molar-refractivity contribution in [1.29, 1.82) is 0 Å². The van der Waals surface area contributed by atoms with Gasteiger partial charge in [-0.15, -0.1) is 10.2 Å². The van der Waals surface area contributed by atoms with E-state index in [1.807, 2.05) is 0 Å². The Kier molecular flexibility index (Phi) is 3.45. The number of alkyl halides is 4. The Balaban J connectivity index is 3.31. The summed E-state index contributed by atoms with van der Waals surface area (Å²) in [5.74, 6) is -1.32. The van der Waals surface area contributed by atoms with Gasteiger partial charge >= 0.3 is 10.2 Å². The molecule has 0 aromatic carbocycles. The average Bonchev–Trinajstić information content (AvgIpc) is 2.45. The van der Waals surface area contributed by atoms with Crippen LogP contribution in [-0.4, -0.2) is 29.6 Å². The van der Waals surface area contributed by atoms with E-state index in [9.17, 15) is 29.9 Å². The fourth-order valence-corrected chi connectivity index (χ4v) is 1.52. The Labute approximate surface area is 86.1 Å². The molecule has 16 heavy (non-hydrogen) atoms. The Morgan fingerprint density at radius 3 is 2.12 bits per heavy atom. The third-order valence-corrected chi connectivity index (χ3v) is 2.22. The SMILES string of the molecule is O=S(=O)(F)c1nnc(C(F)F)n1CC(F)F. The van der Waals surface area contributed by atoms with Gasteiger partial charge in [0.2, 0.25) is 5.82 Å². The number of aromatic nitrogens is 3. The minimum absolute atomic E-state index is 0.162. The fraction of sp³-hybridized carbons (Fsp3) is 0.600. The molecule has 0 fully saturated rings. The highest BCUT2D eigenvalue weighted by molar-refractivity contribution is 7.86. The van der Waals surface area contributed by atoms with Crippen LogP contribution in [0.4, 0.5) is 21.4 Å². The summed E-state index contributed by atoms with van der Waals surface area (Å²) in [6.07, 6.45) is -6.48. The molecule has 0 spiro atoms. The van der Waals surface area contributed by atoms with Crippen molar-refractivity contribution in [3.63, 3.8) is 0 Å². The second kappa shape index (κ2) is 4.31. The summed E-state index contributed by atoms with van der Waals surface area (Å²) in [5, 5.41) is 3.69. The summed E-state index contributed by atoms with van der Waals surface area (Å²) in [7, 11) is -5.47. The van der Waals surface area contributed by atoms with Gasteiger partial charge in [0.05, 0.1) is 6.54 Å². The first-order valence-electron chi connectivity index (χ1n) is 3.67. The van der Waals surface area contributed by atoms with Gasteiger partial charge in [-0.2, -0.15) is 8.42 Å². The number of nitrogens with zero attached hydrogens (tertiary/aromatic N) is 3. The van der Waals surface area contributed by atoms with Crippen LogP contribution in [0.2, 0.25) is 0 Å². The van der Waals surface area contributed by atoms with Gasteiger partial charge in [-0.05, 0) is 0 Å². The highest BCUT2D eigenvalue weighted by atomic mass is 32.3. The minimum Gasteiger partial charge on any atom is -0.289 e. The molecule has 0 bridgehead atoms. The number of halogens is 5. The molecule has 0 aliphatic carbocycles. The average molecular weight is 265 g/mol. The summed E-state index contributed by atoms with van der Waals surface area (Å²) < 4.78 is 81.4. The zero-order valence-electron chi connectivity index (χ0n) is 7.32. The zero-order chi connectivity index (χ0) is 12.5. The first kappa shape index (κ1) is 12.8. The highest BCUT2D eigenvalue weighted by Gasteiger charge is 2.29. The summed E-state index contributed by atoms with van der Waals surface area (Å²) in [5.41, 5.74) is 0. The summed E-state index contributed by atoms with van der Waals surface area (Å²) >= 11 is 0. The number of hydrogen-bond donors (Lipinski definition) is 0. The molecule has 0 saturated heterocycles. The van der Waals surface area contributed by atoms with Crippen molar-refractivity contribution in [1.82, 2.24) is 14.8 Å². The van der Waals surface area contributed by atoms with E-state index in [0.717, 1.165) is 0 Å². The van der Waals surface area contributed by atoms with Crippen LogP contribution in [0.25, 0.3) is 0 Å². The van der Waals surface area contributed by atoms with Crippen molar-refractivity contribution in [2.24, 2.45) is 0 Å². The topological polar surface area (TPSA) is 64.8 Å². The molecule has 0 radical (unpaired) electrons. The van der Waals surface area contributed by atoms with E-state index < -0.39 is 40.6 Å². The van der Waals surface area contributed by atoms with E-state index in [-0.39, 0.29) is 4.57 Å². The van der Waals surface area contributed by atoms with Crippen LogP contribution in [0, 0.1) is 0 Å². The molecule has 1 aromatic rings. The molecule has 1 rings (SSSR count). The lowest BCUT2D eigenvalue weighted by Crippen LogP contribution is -2.15. The van der Waals surface area contributed by atoms with Gasteiger partial charge in [0.25, 0.3) is 18.0 Å². The first-order chi connectivity index (χ1) is 7.23. The maximum Gasteiger partial charge on any atom is 0.368 e. The maximum absolute atomic E-state index is 12.5. The predicted octanol–water partition coefficient (Wildman–Crippen LogP) is 1.14. The molecule has 1 heterocycles. The van der Waals surface area contributed by atoms with Gasteiger partial charge in [-0.3, -0.25) is 4.57 Å². The molecule has 0 saturated carbocycles. The second-order valence-electron chi connectivity index (χ2n) is 2.58. The molecule has 0 unspecified atom stereocenters. The summed E-state index contributed by atoms with van der Waals surface area (Å²) in [6, 6.07) is 0. The number of hydrogen-bond acceptors (Lipinski definition) is 4. The van der Waals surface area contributed by atoms with Crippen molar-refractivity contribution in [3.05, 3.63) is 5.82 Å². The number of rotatable bonds is 4. The molecule has 0 amide bonds. The van der Waals surface area contributed by atoms with Gasteiger partial charge in [-0.1, -0.05) is 3.89 Å². The van der Waals surface area contributed by atoms with Crippen LogP contribution in [0.1, 0.15) is 12.2 Å². The van der Waals surface area contributed by atoms with E-state index >= 15 is 0 Å². The molecule has 0 aliphatic heterocycles. The van der Waals surface area contributed by atoms with E-state index in [2.05, 4.69) is 10.2 Å². The molecule has 0 N–H and O–H groups in total. The Morgan fingerprint density at radius 1 is 1.19 bits per heavy atom. The molecule has 1 aromatic heterocycles. The molecule has 0 aliphatic rings. The van der Waals surface area contributed by atoms with Gasteiger partial charge < -0.3 is 0 Å². The lowest BCUT2D eigenvalue weighted by molar-refractivity contribution is 0.102. The monoisotopic (exact) mass is 265 g/mol. The minimum atomic E-state index is -5.47. The molecular formula is C5H4F5N3O2S. The lowest BCUT2D eigenvalue weighted by atomic mass is 10.5. The van der Waals surface area contributed by atoms with Gasteiger partial charge in [0, 0.05) is 0 Å². The first-order valence-corrected chi connectivity index (χ1v) is 5.06. The largest absolute Gasteiger partial charge is 0.368 e. The maximum atomic E-state index is 12.5.